The second-order valence-electron chi connectivity index (χ2n) is 8.81. The van der Waals surface area contributed by atoms with E-state index in [0.29, 0.717) is 54.5 Å². The van der Waals surface area contributed by atoms with Crippen molar-refractivity contribution < 1.29 is 19.1 Å². The van der Waals surface area contributed by atoms with Crippen molar-refractivity contribution in [2.24, 2.45) is 0 Å². The zero-order valence-corrected chi connectivity index (χ0v) is 20.7. The van der Waals surface area contributed by atoms with Gasteiger partial charge in [0.15, 0.2) is 0 Å². The number of halogens is 2. The molecule has 1 aliphatic rings. The minimum atomic E-state index is -0.625. The molecule has 1 saturated heterocycles. The molecule has 3 heterocycles. The molecule has 8 nitrogen and oxygen atoms in total. The average Bonchev–Trinajstić information content (AvgIpc) is 3.16. The predicted octanol–water partition coefficient (Wildman–Crippen LogP) is 4.52. The van der Waals surface area contributed by atoms with Crippen LogP contribution >= 0.6 is 23.2 Å². The van der Waals surface area contributed by atoms with Gasteiger partial charge in [-0.25, -0.2) is 14.8 Å². The third-order valence-electron chi connectivity index (χ3n) is 5.08. The van der Waals surface area contributed by atoms with Crippen molar-refractivity contribution in [3.63, 3.8) is 0 Å². The summed E-state index contributed by atoms with van der Waals surface area (Å²) in [6, 6.07) is 5.35. The number of aromatic nitrogens is 2. The SMILES string of the molecule is COc1nc(-c2ccnc(Cl)c2Cl)ccc1CCN(C[C@@H]1CCC(=O)N1)C(=O)OC(C)(C)C. The lowest BCUT2D eigenvalue weighted by molar-refractivity contribution is -0.119. The Kier molecular flexibility index (Phi) is 8.02. The molecular formula is C23H28Cl2N4O4. The quantitative estimate of drug-likeness (QED) is 0.568. The molecule has 0 radical (unpaired) electrons. The number of nitrogens with zero attached hydrogens (tertiary/aromatic N) is 3. The molecule has 1 atom stereocenters. The second kappa shape index (κ2) is 10.6. The second-order valence-corrected chi connectivity index (χ2v) is 9.54. The van der Waals surface area contributed by atoms with Gasteiger partial charge in [0.05, 0.1) is 17.8 Å². The summed E-state index contributed by atoms with van der Waals surface area (Å²) < 4.78 is 11.1. The number of carbonyl (C=O) groups is 2. The molecule has 0 saturated carbocycles. The fourth-order valence-electron chi connectivity index (χ4n) is 3.52. The Morgan fingerprint density at radius 1 is 1.27 bits per heavy atom. The minimum absolute atomic E-state index is 0.000438. The van der Waals surface area contributed by atoms with Gasteiger partial charge in [-0.2, -0.15) is 0 Å². The zero-order valence-electron chi connectivity index (χ0n) is 19.2. The van der Waals surface area contributed by atoms with Crippen LogP contribution in [0.1, 0.15) is 39.2 Å². The molecule has 10 heteroatoms. The van der Waals surface area contributed by atoms with Gasteiger partial charge in [0.2, 0.25) is 11.8 Å². The molecule has 178 valence electrons. The lowest BCUT2D eigenvalue weighted by Gasteiger charge is -2.29. The van der Waals surface area contributed by atoms with E-state index in [1.54, 1.807) is 17.2 Å². The zero-order chi connectivity index (χ0) is 24.2. The normalized spacial score (nSPS) is 15.8. The summed E-state index contributed by atoms with van der Waals surface area (Å²) in [5, 5.41) is 3.42. The number of hydrogen-bond acceptors (Lipinski definition) is 6. The average molecular weight is 495 g/mol. The van der Waals surface area contributed by atoms with Gasteiger partial charge < -0.3 is 19.7 Å². The van der Waals surface area contributed by atoms with Crippen molar-refractivity contribution in [3.8, 4) is 17.1 Å². The molecule has 2 amide bonds. The highest BCUT2D eigenvalue weighted by molar-refractivity contribution is 6.42. The number of nitrogens with one attached hydrogen (secondary N) is 1. The number of pyridine rings is 2. The number of methoxy groups -OCH3 is 1. The lowest BCUT2D eigenvalue weighted by atomic mass is 10.1. The number of carbonyl (C=O) groups excluding carboxylic acids is 2. The first kappa shape index (κ1) is 25.1. The van der Waals surface area contributed by atoms with Crippen molar-refractivity contribution >= 4 is 35.2 Å². The fraction of sp³-hybridized carbons (Fsp3) is 0.478. The molecule has 2 aromatic rings. The van der Waals surface area contributed by atoms with Crippen LogP contribution in [0.3, 0.4) is 0 Å². The standard InChI is InChI=1S/C23H28Cl2N4O4/c1-23(2,3)33-22(31)29(13-15-6-8-18(30)27-15)12-10-14-5-7-17(28-21(14)32-4)16-9-11-26-20(25)19(16)24/h5,7,9,11,15H,6,8,10,12-13H2,1-4H3,(H,27,30)/t15-/m0/s1. The summed E-state index contributed by atoms with van der Waals surface area (Å²) >= 11 is 12.3. The van der Waals surface area contributed by atoms with Crippen molar-refractivity contribution in [3.05, 3.63) is 40.1 Å². The van der Waals surface area contributed by atoms with Crippen LogP contribution in [-0.2, 0) is 16.0 Å². The van der Waals surface area contributed by atoms with E-state index in [4.69, 9.17) is 32.7 Å². The lowest BCUT2D eigenvalue weighted by Crippen LogP contribution is -2.45. The van der Waals surface area contributed by atoms with E-state index >= 15 is 0 Å². The molecule has 1 N–H and O–H groups in total. The predicted molar refractivity (Wildman–Crippen MR) is 127 cm³/mol. The van der Waals surface area contributed by atoms with Crippen LogP contribution in [0.4, 0.5) is 4.79 Å². The van der Waals surface area contributed by atoms with Crippen LogP contribution in [-0.4, -0.2) is 58.7 Å². The molecular weight excluding hydrogens is 467 g/mol. The maximum absolute atomic E-state index is 12.8. The molecule has 0 aromatic carbocycles. The van der Waals surface area contributed by atoms with Crippen molar-refractivity contribution in [2.45, 2.75) is 51.7 Å². The Balaban J connectivity index is 1.77. The summed E-state index contributed by atoms with van der Waals surface area (Å²) in [4.78, 5) is 34.6. The van der Waals surface area contributed by atoms with Crippen LogP contribution in [0.25, 0.3) is 11.3 Å². The maximum atomic E-state index is 12.8. The molecule has 33 heavy (non-hydrogen) atoms. The fourth-order valence-corrected chi connectivity index (χ4v) is 3.89. The first-order chi connectivity index (χ1) is 15.6. The summed E-state index contributed by atoms with van der Waals surface area (Å²) in [6.07, 6.45) is 2.78. The largest absolute Gasteiger partial charge is 0.481 e. The Hall–Kier alpha value is -2.58. The number of amides is 2. The highest BCUT2D eigenvalue weighted by Crippen LogP contribution is 2.32. The van der Waals surface area contributed by atoms with E-state index in [0.717, 1.165) is 5.56 Å². The van der Waals surface area contributed by atoms with Crippen LogP contribution in [0, 0.1) is 0 Å². The highest BCUT2D eigenvalue weighted by atomic mass is 35.5. The molecule has 0 bridgehead atoms. The first-order valence-electron chi connectivity index (χ1n) is 10.7. The van der Waals surface area contributed by atoms with E-state index in [1.165, 1.54) is 7.11 Å². The van der Waals surface area contributed by atoms with Gasteiger partial charge >= 0.3 is 6.09 Å². The van der Waals surface area contributed by atoms with E-state index in [2.05, 4.69) is 15.3 Å². The van der Waals surface area contributed by atoms with Gasteiger partial charge in [0.25, 0.3) is 0 Å². The molecule has 0 aliphatic carbocycles. The third kappa shape index (κ3) is 6.71. The van der Waals surface area contributed by atoms with Crippen LogP contribution in [0.5, 0.6) is 5.88 Å². The smallest absolute Gasteiger partial charge is 0.410 e. The molecule has 2 aromatic heterocycles. The van der Waals surface area contributed by atoms with Crippen LogP contribution < -0.4 is 10.1 Å². The molecule has 0 spiro atoms. The summed E-state index contributed by atoms with van der Waals surface area (Å²) in [5.74, 6) is 0.426. The van der Waals surface area contributed by atoms with Crippen molar-refractivity contribution in [1.29, 1.82) is 0 Å². The van der Waals surface area contributed by atoms with Gasteiger partial charge in [-0.1, -0.05) is 29.3 Å². The Bertz CT molecular complexity index is 1030. The van der Waals surface area contributed by atoms with Gasteiger partial charge in [0.1, 0.15) is 10.8 Å². The Morgan fingerprint density at radius 2 is 2.03 bits per heavy atom. The van der Waals surface area contributed by atoms with E-state index in [-0.39, 0.29) is 17.1 Å². The Morgan fingerprint density at radius 3 is 2.67 bits per heavy atom. The Labute approximate surface area is 203 Å². The minimum Gasteiger partial charge on any atom is -0.481 e. The highest BCUT2D eigenvalue weighted by Gasteiger charge is 2.28. The van der Waals surface area contributed by atoms with Gasteiger partial charge in [-0.15, -0.1) is 0 Å². The topological polar surface area (TPSA) is 93.7 Å². The third-order valence-corrected chi connectivity index (χ3v) is 5.85. The van der Waals surface area contributed by atoms with E-state index < -0.39 is 11.7 Å². The maximum Gasteiger partial charge on any atom is 0.410 e. The van der Waals surface area contributed by atoms with Crippen molar-refractivity contribution in [2.75, 3.05) is 20.2 Å². The van der Waals surface area contributed by atoms with Crippen LogP contribution in [0.15, 0.2) is 24.4 Å². The number of rotatable bonds is 7. The van der Waals surface area contributed by atoms with Gasteiger partial charge in [0, 0.05) is 42.9 Å². The molecule has 0 unspecified atom stereocenters. The van der Waals surface area contributed by atoms with Gasteiger partial charge in [-0.3, -0.25) is 4.79 Å². The summed E-state index contributed by atoms with van der Waals surface area (Å²) in [6.45, 7) is 6.22. The van der Waals surface area contributed by atoms with Crippen molar-refractivity contribution in [1.82, 2.24) is 20.2 Å². The molecule has 3 rings (SSSR count). The van der Waals surface area contributed by atoms with E-state index in [9.17, 15) is 9.59 Å². The monoisotopic (exact) mass is 494 g/mol. The summed E-state index contributed by atoms with van der Waals surface area (Å²) in [7, 11) is 1.54. The summed E-state index contributed by atoms with van der Waals surface area (Å²) in [5.41, 5.74) is 1.44. The first-order valence-corrected chi connectivity index (χ1v) is 11.4. The van der Waals surface area contributed by atoms with Crippen LogP contribution in [0.2, 0.25) is 10.2 Å². The van der Waals surface area contributed by atoms with Gasteiger partial charge in [-0.05, 0) is 45.7 Å². The number of ether oxygens (including phenoxy) is 2. The number of hydrogen-bond donors (Lipinski definition) is 1. The molecule has 1 aliphatic heterocycles. The van der Waals surface area contributed by atoms with E-state index in [1.807, 2.05) is 32.9 Å². The molecule has 1 fully saturated rings.